The molecule has 2 saturated heterocycles. The minimum absolute atomic E-state index is 0.0133. The molecule has 9 nitrogen and oxygen atoms in total. The van der Waals surface area contributed by atoms with Gasteiger partial charge in [0.25, 0.3) is 5.91 Å². The van der Waals surface area contributed by atoms with Crippen molar-refractivity contribution in [2.75, 3.05) is 31.7 Å². The average Bonchev–Trinajstić information content (AvgIpc) is 3.79. The number of hydrogen-bond acceptors (Lipinski definition) is 8. The molecule has 4 heterocycles. The summed E-state index contributed by atoms with van der Waals surface area (Å²) in [6, 6.07) is 14.9. The number of carbonyl (C=O) groups is 3. The summed E-state index contributed by atoms with van der Waals surface area (Å²) in [6.45, 7) is 1.49. The van der Waals surface area contributed by atoms with Crippen LogP contribution in [0.3, 0.4) is 0 Å². The third-order valence-corrected chi connectivity index (χ3v) is 13.0. The summed E-state index contributed by atoms with van der Waals surface area (Å²) < 4.78 is 11.5. The van der Waals surface area contributed by atoms with Crippen molar-refractivity contribution in [2.45, 2.75) is 41.9 Å². The molecule has 2 saturated carbocycles. The molecule has 44 heavy (non-hydrogen) atoms. The summed E-state index contributed by atoms with van der Waals surface area (Å²) >= 11 is 2.88. The molecule has 2 aliphatic carbocycles. The zero-order valence-electron chi connectivity index (χ0n) is 24.3. The summed E-state index contributed by atoms with van der Waals surface area (Å²) in [7, 11) is 1.58. The smallest absolute Gasteiger partial charge is 0.305 e. The quantitative estimate of drug-likeness (QED) is 0.399. The standard InChI is InChI=1S/C33H33N3O6S2/c1-41-18-11-9-17(10-12-18)36-31(38)26-20-15-21(27(26)32(36)39)28-25(20)24(29-30(43-28)34-33(40)44-29)19-7-3-4-8-22(19)42-16-23(37)35-13-5-2-6-14-35/h3-4,7-12,20-21,24-28H,2,5-6,13-16H2,1H3,(H,34,40)/t20-,21-,24-,25?,26?,27?,28?/m1/s1. The number of aromatic nitrogens is 1. The van der Waals surface area contributed by atoms with Gasteiger partial charge < -0.3 is 19.4 Å². The number of thioether (sulfide) groups is 1. The Balaban J connectivity index is 1.14. The molecular formula is C33H33N3O6S2. The molecule has 2 aromatic carbocycles. The maximum Gasteiger partial charge on any atom is 0.305 e. The van der Waals surface area contributed by atoms with E-state index in [0.29, 0.717) is 17.2 Å². The number of nitrogens with one attached hydrogen (secondary N) is 1. The number of amides is 3. The van der Waals surface area contributed by atoms with Crippen LogP contribution in [-0.4, -0.2) is 59.7 Å². The Morgan fingerprint density at radius 3 is 2.43 bits per heavy atom. The first-order chi connectivity index (χ1) is 21.4. The number of benzene rings is 2. The van der Waals surface area contributed by atoms with Gasteiger partial charge in [-0.2, -0.15) is 0 Å². The number of methoxy groups -OCH3 is 1. The van der Waals surface area contributed by atoms with Crippen molar-refractivity contribution in [3.05, 3.63) is 68.6 Å². The van der Waals surface area contributed by atoms with Gasteiger partial charge in [0.05, 0.1) is 29.7 Å². The number of anilines is 1. The summed E-state index contributed by atoms with van der Waals surface area (Å²) in [5, 5.41) is 0.915. The number of para-hydroxylation sites is 1. The van der Waals surface area contributed by atoms with E-state index in [-0.39, 0.29) is 64.0 Å². The van der Waals surface area contributed by atoms with Gasteiger partial charge in [0.1, 0.15) is 11.5 Å². The molecule has 5 aliphatic rings. The monoisotopic (exact) mass is 631 g/mol. The van der Waals surface area contributed by atoms with Gasteiger partial charge in [-0.3, -0.25) is 24.1 Å². The van der Waals surface area contributed by atoms with Gasteiger partial charge in [0.2, 0.25) is 11.8 Å². The molecular weight excluding hydrogens is 599 g/mol. The molecule has 0 spiro atoms. The van der Waals surface area contributed by atoms with E-state index >= 15 is 0 Å². The van der Waals surface area contributed by atoms with Crippen LogP contribution in [0.25, 0.3) is 0 Å². The topological polar surface area (TPSA) is 109 Å². The fourth-order valence-corrected chi connectivity index (χ4v) is 11.5. The lowest BCUT2D eigenvalue weighted by molar-refractivity contribution is -0.134. The molecule has 3 aliphatic heterocycles. The molecule has 1 N–H and O–H groups in total. The molecule has 11 heteroatoms. The Labute approximate surface area is 262 Å². The van der Waals surface area contributed by atoms with Crippen LogP contribution in [0.1, 0.15) is 42.0 Å². The van der Waals surface area contributed by atoms with Gasteiger partial charge >= 0.3 is 4.87 Å². The van der Waals surface area contributed by atoms with E-state index in [1.54, 1.807) is 43.1 Å². The molecule has 3 aromatic rings. The Morgan fingerprint density at radius 1 is 0.955 bits per heavy atom. The van der Waals surface area contributed by atoms with Crippen molar-refractivity contribution in [3.8, 4) is 11.5 Å². The fourth-order valence-electron chi connectivity index (χ4n) is 8.59. The maximum absolute atomic E-state index is 14.1. The number of carbonyl (C=O) groups excluding carboxylic acids is 3. The number of thiazole rings is 1. The zero-order chi connectivity index (χ0) is 30.1. The SMILES string of the molecule is COc1ccc(N2C(=O)C3C(C2=O)[C@@H]2C[C@H]3C3Sc4[nH]c(=O)sc4[C@H](c4ccccc4OCC(=O)N4CCCCC4)C32)cc1. The van der Waals surface area contributed by atoms with E-state index < -0.39 is 5.92 Å². The first-order valence-electron chi connectivity index (χ1n) is 15.4. The van der Waals surface area contributed by atoms with E-state index in [2.05, 4.69) is 4.98 Å². The van der Waals surface area contributed by atoms with Crippen molar-refractivity contribution < 1.29 is 23.9 Å². The van der Waals surface area contributed by atoms with Crippen molar-refractivity contribution >= 4 is 46.5 Å². The van der Waals surface area contributed by atoms with Crippen molar-refractivity contribution in [1.29, 1.82) is 0 Å². The Bertz CT molecular complexity index is 1700. The lowest BCUT2D eigenvalue weighted by Gasteiger charge is -2.43. The molecule has 228 valence electrons. The van der Waals surface area contributed by atoms with Crippen molar-refractivity contribution in [2.24, 2.45) is 29.6 Å². The van der Waals surface area contributed by atoms with Gasteiger partial charge in [-0.25, -0.2) is 0 Å². The van der Waals surface area contributed by atoms with Crippen LogP contribution in [0.5, 0.6) is 11.5 Å². The third kappa shape index (κ3) is 4.26. The Kier molecular flexibility index (Phi) is 6.86. The van der Waals surface area contributed by atoms with Crippen LogP contribution in [0.15, 0.2) is 58.4 Å². The van der Waals surface area contributed by atoms with Gasteiger partial charge in [-0.1, -0.05) is 29.5 Å². The zero-order valence-corrected chi connectivity index (χ0v) is 25.9. The average molecular weight is 632 g/mol. The second-order valence-corrected chi connectivity index (χ2v) is 14.6. The molecule has 3 amide bonds. The largest absolute Gasteiger partial charge is 0.497 e. The summed E-state index contributed by atoms with van der Waals surface area (Å²) in [4.78, 5) is 60.8. The second kappa shape index (κ2) is 10.8. The van der Waals surface area contributed by atoms with Crippen LogP contribution in [0, 0.1) is 29.6 Å². The number of likely N-dealkylation sites (tertiary alicyclic amines) is 1. The first-order valence-corrected chi connectivity index (χ1v) is 17.0. The van der Waals surface area contributed by atoms with Crippen LogP contribution in [-0.2, 0) is 14.4 Å². The van der Waals surface area contributed by atoms with Gasteiger partial charge in [0, 0.05) is 34.7 Å². The summed E-state index contributed by atoms with van der Waals surface area (Å²) in [5.74, 6) is 0.117. The minimum atomic E-state index is -0.398. The highest BCUT2D eigenvalue weighted by Gasteiger charge is 2.69. The van der Waals surface area contributed by atoms with Gasteiger partial charge in [-0.15, -0.1) is 11.8 Å². The number of ether oxygens (including phenoxy) is 2. The minimum Gasteiger partial charge on any atom is -0.497 e. The predicted octanol–water partition coefficient (Wildman–Crippen LogP) is 4.51. The van der Waals surface area contributed by atoms with E-state index in [4.69, 9.17) is 9.47 Å². The fraction of sp³-hybridized carbons (Fsp3) is 0.455. The normalized spacial score (nSPS) is 30.2. The van der Waals surface area contributed by atoms with Gasteiger partial charge in [-0.05, 0) is 73.8 Å². The summed E-state index contributed by atoms with van der Waals surface area (Å²) in [6.07, 6.45) is 3.98. The van der Waals surface area contributed by atoms with E-state index in [0.717, 1.165) is 54.2 Å². The van der Waals surface area contributed by atoms with Crippen LogP contribution in [0.2, 0.25) is 0 Å². The molecule has 8 rings (SSSR count). The Hall–Kier alpha value is -3.57. The highest BCUT2D eigenvalue weighted by atomic mass is 32.2. The van der Waals surface area contributed by atoms with Crippen LogP contribution < -0.4 is 19.2 Å². The number of aromatic amines is 1. The van der Waals surface area contributed by atoms with E-state index in [1.807, 2.05) is 29.2 Å². The second-order valence-electron chi connectivity index (χ2n) is 12.4. The van der Waals surface area contributed by atoms with Crippen LogP contribution in [0.4, 0.5) is 5.69 Å². The number of hydrogen-bond donors (Lipinski definition) is 1. The van der Waals surface area contributed by atoms with Crippen molar-refractivity contribution in [3.63, 3.8) is 0 Å². The van der Waals surface area contributed by atoms with E-state index in [1.165, 1.54) is 16.2 Å². The number of imide groups is 1. The number of fused-ring (bicyclic) bond motifs is 9. The number of rotatable bonds is 6. The molecule has 4 unspecified atom stereocenters. The molecule has 2 bridgehead atoms. The van der Waals surface area contributed by atoms with Crippen LogP contribution >= 0.6 is 23.1 Å². The van der Waals surface area contributed by atoms with E-state index in [9.17, 15) is 19.2 Å². The first kappa shape index (κ1) is 27.9. The highest BCUT2D eigenvalue weighted by Crippen LogP contribution is 2.69. The third-order valence-electron chi connectivity index (χ3n) is 10.4. The predicted molar refractivity (Wildman–Crippen MR) is 166 cm³/mol. The lowest BCUT2D eigenvalue weighted by atomic mass is 9.68. The molecule has 0 radical (unpaired) electrons. The van der Waals surface area contributed by atoms with Crippen molar-refractivity contribution in [1.82, 2.24) is 9.88 Å². The number of piperidine rings is 1. The highest BCUT2D eigenvalue weighted by molar-refractivity contribution is 8.00. The lowest BCUT2D eigenvalue weighted by Crippen LogP contribution is -2.43. The number of H-pyrrole nitrogens is 1. The molecule has 4 fully saturated rings. The Morgan fingerprint density at radius 2 is 1.68 bits per heavy atom. The summed E-state index contributed by atoms with van der Waals surface area (Å²) in [5.41, 5.74) is 1.50. The van der Waals surface area contributed by atoms with Gasteiger partial charge in [0.15, 0.2) is 6.61 Å². The number of nitrogens with zero attached hydrogens (tertiary/aromatic N) is 2. The maximum atomic E-state index is 14.1. The molecule has 1 aromatic heterocycles. The molecule has 7 atom stereocenters.